The summed E-state index contributed by atoms with van der Waals surface area (Å²) in [6.45, 7) is 6.64. The minimum Gasteiger partial charge on any atom is -0.388 e. The van der Waals surface area contributed by atoms with E-state index in [4.69, 9.17) is 4.74 Å². The van der Waals surface area contributed by atoms with E-state index in [0.29, 0.717) is 23.0 Å². The molecule has 0 aliphatic carbocycles. The van der Waals surface area contributed by atoms with Gasteiger partial charge in [-0.25, -0.2) is 9.97 Å². The fraction of sp³-hybridized carbons (Fsp3) is 0.647. The predicted molar refractivity (Wildman–Crippen MR) is 111 cm³/mol. The third-order valence-corrected chi connectivity index (χ3v) is 6.82. The van der Waals surface area contributed by atoms with E-state index >= 15 is 0 Å². The predicted octanol–water partition coefficient (Wildman–Crippen LogP) is 1.26. The summed E-state index contributed by atoms with van der Waals surface area (Å²) in [6, 6.07) is 0. The van der Waals surface area contributed by atoms with Gasteiger partial charge in [-0.3, -0.25) is 9.36 Å². The molecule has 0 aromatic carbocycles. The SMILES string of the molecule is C=P(C)(C)CCC1O[C@@H](n2c(SCC)nc3c(=O)[nH]c(C)nc32)[C@H](O)[C@@H]1O. The third-order valence-electron chi connectivity index (χ3n) is 4.52. The van der Waals surface area contributed by atoms with Gasteiger partial charge in [-0.05, 0) is 38.6 Å². The number of nitrogens with one attached hydrogen (secondary N) is 1. The lowest BCUT2D eigenvalue weighted by molar-refractivity contribution is -0.0400. The summed E-state index contributed by atoms with van der Waals surface area (Å²) in [5.74, 6) is 1.18. The van der Waals surface area contributed by atoms with Gasteiger partial charge in [0.2, 0.25) is 0 Å². The number of thioether (sulfide) groups is 1. The summed E-state index contributed by atoms with van der Waals surface area (Å²) in [7, 11) is 0. The van der Waals surface area contributed by atoms with Crippen LogP contribution in [0.1, 0.15) is 25.4 Å². The molecule has 4 atom stereocenters. The van der Waals surface area contributed by atoms with Crippen molar-refractivity contribution in [2.75, 3.05) is 25.2 Å². The van der Waals surface area contributed by atoms with Crippen LogP contribution in [0.15, 0.2) is 9.95 Å². The van der Waals surface area contributed by atoms with Crippen LogP contribution in [0, 0.1) is 6.92 Å². The number of imidazole rings is 1. The quantitative estimate of drug-likeness (QED) is 0.482. The molecular formula is C17H27N4O4PS. The Morgan fingerprint density at radius 3 is 2.67 bits per heavy atom. The molecule has 1 fully saturated rings. The van der Waals surface area contributed by atoms with Crippen molar-refractivity contribution in [1.29, 1.82) is 0 Å². The Morgan fingerprint density at radius 2 is 2.04 bits per heavy atom. The highest BCUT2D eigenvalue weighted by Crippen LogP contribution is 2.40. The highest BCUT2D eigenvalue weighted by Gasteiger charge is 2.45. The Balaban J connectivity index is 2.02. The molecule has 3 rings (SSSR count). The van der Waals surface area contributed by atoms with Crippen molar-refractivity contribution in [3.05, 3.63) is 16.2 Å². The zero-order valence-electron chi connectivity index (χ0n) is 16.0. The van der Waals surface area contributed by atoms with Crippen LogP contribution in [0.4, 0.5) is 0 Å². The topological polar surface area (TPSA) is 113 Å². The highest BCUT2D eigenvalue weighted by molar-refractivity contribution is 7.99. The number of aromatic nitrogens is 4. The first-order valence-electron chi connectivity index (χ1n) is 8.93. The van der Waals surface area contributed by atoms with Crippen LogP contribution in [0.5, 0.6) is 0 Å². The van der Waals surface area contributed by atoms with E-state index in [9.17, 15) is 15.0 Å². The normalized spacial score (nSPS) is 26.1. The van der Waals surface area contributed by atoms with Crippen molar-refractivity contribution >= 4 is 36.1 Å². The number of fused-ring (bicyclic) bond motifs is 1. The van der Waals surface area contributed by atoms with Gasteiger partial charge in [0.05, 0.1) is 6.10 Å². The van der Waals surface area contributed by atoms with Gasteiger partial charge in [0.25, 0.3) is 5.56 Å². The zero-order valence-corrected chi connectivity index (χ0v) is 17.8. The first kappa shape index (κ1) is 20.6. The summed E-state index contributed by atoms with van der Waals surface area (Å²) in [6.07, 6.45) is 2.18. The van der Waals surface area contributed by atoms with Crippen LogP contribution in [0.25, 0.3) is 11.2 Å². The molecule has 3 heterocycles. The largest absolute Gasteiger partial charge is 0.388 e. The van der Waals surface area contributed by atoms with Crippen molar-refractivity contribution in [2.24, 2.45) is 0 Å². The Bertz CT molecular complexity index is 937. The number of aliphatic hydroxyl groups is 2. The second-order valence-corrected chi connectivity index (χ2v) is 13.1. The first-order chi connectivity index (χ1) is 12.6. The van der Waals surface area contributed by atoms with Crippen LogP contribution in [-0.2, 0) is 4.74 Å². The maximum atomic E-state index is 12.3. The third kappa shape index (κ3) is 4.17. The van der Waals surface area contributed by atoms with Gasteiger partial charge < -0.3 is 19.9 Å². The lowest BCUT2D eigenvalue weighted by Crippen LogP contribution is -2.32. The zero-order chi connectivity index (χ0) is 19.9. The standard InChI is InChI=1S/C17H27N4O4PS/c1-6-27-17-20-11-14(18-9(2)19-15(11)24)21(17)16-13(23)12(22)10(25-16)7-8-26(3,4)5/h10,12-13,16,22-23H,3,6-8H2,1-2,4-5H3,(H,18,19,24)/t10?,12-,13-,16-/m1/s1. The average molecular weight is 414 g/mol. The van der Waals surface area contributed by atoms with Crippen molar-refractivity contribution in [1.82, 2.24) is 19.5 Å². The molecule has 0 amide bonds. The van der Waals surface area contributed by atoms with E-state index in [2.05, 4.69) is 34.6 Å². The number of hydrogen-bond acceptors (Lipinski definition) is 7. The number of hydrogen-bond donors (Lipinski definition) is 3. The Kier molecular flexibility index (Phi) is 5.89. The Hall–Kier alpha value is -1.12. The maximum absolute atomic E-state index is 12.3. The summed E-state index contributed by atoms with van der Waals surface area (Å²) in [5, 5.41) is 21.7. The van der Waals surface area contributed by atoms with E-state index in [0.717, 1.165) is 11.9 Å². The molecule has 150 valence electrons. The highest BCUT2D eigenvalue weighted by atomic mass is 32.2. The Labute approximate surface area is 162 Å². The smallest absolute Gasteiger partial charge is 0.279 e. The molecular weight excluding hydrogens is 387 g/mol. The molecule has 1 aliphatic heterocycles. The molecule has 0 spiro atoms. The van der Waals surface area contributed by atoms with Crippen molar-refractivity contribution in [3.8, 4) is 0 Å². The number of aryl methyl sites for hydroxylation is 1. The number of rotatable bonds is 6. The second kappa shape index (κ2) is 7.72. The van der Waals surface area contributed by atoms with Crippen LogP contribution in [0.2, 0.25) is 0 Å². The second-order valence-electron chi connectivity index (χ2n) is 7.52. The van der Waals surface area contributed by atoms with E-state index in [1.807, 2.05) is 6.92 Å². The van der Waals surface area contributed by atoms with Crippen LogP contribution < -0.4 is 5.56 Å². The molecule has 8 nitrogen and oxygen atoms in total. The van der Waals surface area contributed by atoms with Gasteiger partial charge in [0.1, 0.15) is 18.0 Å². The van der Waals surface area contributed by atoms with Gasteiger partial charge in [-0.15, -0.1) is 13.2 Å². The minimum atomic E-state index is -1.27. The number of H-pyrrole nitrogens is 1. The number of aliphatic hydroxyl groups excluding tert-OH is 2. The molecule has 1 unspecified atom stereocenters. The molecule has 0 bridgehead atoms. The molecule has 2 aromatic rings. The van der Waals surface area contributed by atoms with Crippen molar-refractivity contribution < 1.29 is 14.9 Å². The van der Waals surface area contributed by atoms with Gasteiger partial charge in [0.15, 0.2) is 22.5 Å². The van der Waals surface area contributed by atoms with Gasteiger partial charge in [0, 0.05) is 0 Å². The minimum absolute atomic E-state index is 0.204. The lowest BCUT2D eigenvalue weighted by atomic mass is 10.1. The van der Waals surface area contributed by atoms with E-state index in [-0.39, 0.29) is 11.1 Å². The molecule has 10 heteroatoms. The molecule has 1 aliphatic rings. The van der Waals surface area contributed by atoms with Gasteiger partial charge in [-0.1, -0.05) is 18.7 Å². The summed E-state index contributed by atoms with van der Waals surface area (Å²) >= 11 is 1.43. The van der Waals surface area contributed by atoms with Crippen molar-refractivity contribution in [2.45, 2.75) is 50.0 Å². The van der Waals surface area contributed by atoms with E-state index < -0.39 is 31.4 Å². The molecule has 27 heavy (non-hydrogen) atoms. The summed E-state index contributed by atoms with van der Waals surface area (Å²) in [4.78, 5) is 23.7. The molecule has 0 radical (unpaired) electrons. The molecule has 0 saturated carbocycles. The van der Waals surface area contributed by atoms with Crippen LogP contribution in [0.3, 0.4) is 0 Å². The fourth-order valence-corrected chi connectivity index (χ4v) is 4.89. The summed E-state index contributed by atoms with van der Waals surface area (Å²) in [5.41, 5.74) is 0.228. The van der Waals surface area contributed by atoms with Crippen LogP contribution in [-0.4, -0.2) is 79.6 Å². The lowest BCUT2D eigenvalue weighted by Gasteiger charge is -2.19. The Morgan fingerprint density at radius 1 is 1.33 bits per heavy atom. The monoisotopic (exact) mass is 414 g/mol. The summed E-state index contributed by atoms with van der Waals surface area (Å²) < 4.78 is 7.69. The van der Waals surface area contributed by atoms with Crippen LogP contribution >= 0.6 is 18.6 Å². The number of nitrogens with zero attached hydrogens (tertiary/aromatic N) is 3. The van der Waals surface area contributed by atoms with E-state index in [1.54, 1.807) is 11.5 Å². The molecule has 2 aromatic heterocycles. The van der Waals surface area contributed by atoms with Gasteiger partial charge >= 0.3 is 0 Å². The van der Waals surface area contributed by atoms with Gasteiger partial charge in [-0.2, -0.15) is 0 Å². The average Bonchev–Trinajstić information content (AvgIpc) is 3.04. The van der Waals surface area contributed by atoms with Crippen molar-refractivity contribution in [3.63, 3.8) is 0 Å². The molecule has 3 N–H and O–H groups in total. The number of ether oxygens (including phenoxy) is 1. The molecule has 1 saturated heterocycles. The number of aromatic amines is 1. The fourth-order valence-electron chi connectivity index (χ4n) is 3.19. The maximum Gasteiger partial charge on any atom is 0.279 e. The van der Waals surface area contributed by atoms with E-state index in [1.165, 1.54) is 11.8 Å². The first-order valence-corrected chi connectivity index (χ1v) is 13.0.